The van der Waals surface area contributed by atoms with Crippen molar-refractivity contribution in [2.75, 3.05) is 6.54 Å². The fraction of sp³-hybridized carbons (Fsp3) is 0.600. The van der Waals surface area contributed by atoms with Crippen molar-refractivity contribution in [2.24, 2.45) is 5.92 Å². The van der Waals surface area contributed by atoms with Crippen molar-refractivity contribution < 1.29 is 28.8 Å². The molecule has 2 saturated heterocycles. The van der Waals surface area contributed by atoms with E-state index in [2.05, 4.69) is 16.2 Å². The van der Waals surface area contributed by atoms with Gasteiger partial charge in [-0.15, -0.1) is 0 Å². The van der Waals surface area contributed by atoms with Crippen molar-refractivity contribution in [3.63, 3.8) is 0 Å². The van der Waals surface area contributed by atoms with E-state index in [1.807, 2.05) is 30.3 Å². The van der Waals surface area contributed by atoms with Crippen molar-refractivity contribution >= 4 is 23.9 Å². The first-order chi connectivity index (χ1) is 17.1. The Hall–Kier alpha value is -3.34. The maximum atomic E-state index is 12.9. The molecule has 1 aromatic rings. The molecule has 5 amide bonds. The van der Waals surface area contributed by atoms with Crippen LogP contribution in [0, 0.1) is 5.92 Å². The minimum atomic E-state index is -0.696. The molecule has 11 heteroatoms. The van der Waals surface area contributed by atoms with Gasteiger partial charge in [-0.1, -0.05) is 36.8 Å². The summed E-state index contributed by atoms with van der Waals surface area (Å²) in [5, 5.41) is 4.13. The normalized spacial score (nSPS) is 25.5. The Balaban J connectivity index is 1.26. The SMILES string of the molecule is CC(C)(C)OC(=O)N[C@@H]1CCC[C@H]1C(=O)NNC(=O)[C@@H]1CC[C@H]2CN1C(=O)N2OCc1ccccc1. The summed E-state index contributed by atoms with van der Waals surface area (Å²) in [6.45, 7) is 5.98. The van der Waals surface area contributed by atoms with Crippen LogP contribution in [-0.4, -0.2) is 64.2 Å². The van der Waals surface area contributed by atoms with E-state index in [1.54, 1.807) is 20.8 Å². The van der Waals surface area contributed by atoms with Crippen molar-refractivity contribution in [1.82, 2.24) is 26.1 Å². The van der Waals surface area contributed by atoms with Crippen LogP contribution < -0.4 is 16.2 Å². The third-order valence-corrected chi connectivity index (χ3v) is 6.70. The number of ether oxygens (including phenoxy) is 1. The van der Waals surface area contributed by atoms with Gasteiger partial charge in [0.05, 0.1) is 12.0 Å². The van der Waals surface area contributed by atoms with Crippen LogP contribution in [0.3, 0.4) is 0 Å². The van der Waals surface area contributed by atoms with Crippen molar-refractivity contribution in [2.45, 2.75) is 83.2 Å². The number of nitrogens with zero attached hydrogens (tertiary/aromatic N) is 2. The molecular formula is C25H35N5O6. The lowest BCUT2D eigenvalue weighted by atomic mass is 10.0. The summed E-state index contributed by atoms with van der Waals surface area (Å²) >= 11 is 0. The molecule has 1 saturated carbocycles. The third kappa shape index (κ3) is 6.07. The van der Waals surface area contributed by atoms with Crippen molar-refractivity contribution in [1.29, 1.82) is 0 Å². The molecular weight excluding hydrogens is 466 g/mol. The van der Waals surface area contributed by atoms with Crippen molar-refractivity contribution in [3.05, 3.63) is 35.9 Å². The minimum absolute atomic E-state index is 0.113. The summed E-state index contributed by atoms with van der Waals surface area (Å²) in [7, 11) is 0. The summed E-state index contributed by atoms with van der Waals surface area (Å²) < 4.78 is 5.29. The Morgan fingerprint density at radius 2 is 1.72 bits per heavy atom. The Morgan fingerprint density at radius 1 is 1.00 bits per heavy atom. The monoisotopic (exact) mass is 501 g/mol. The molecule has 4 atom stereocenters. The summed E-state index contributed by atoms with van der Waals surface area (Å²) in [5.41, 5.74) is 5.29. The molecule has 1 aromatic carbocycles. The zero-order valence-electron chi connectivity index (χ0n) is 21.0. The second-order valence-corrected chi connectivity index (χ2v) is 10.5. The summed E-state index contributed by atoms with van der Waals surface area (Å²) in [5.74, 6) is -1.31. The number of carbonyl (C=O) groups is 4. The highest BCUT2D eigenvalue weighted by Gasteiger charge is 2.48. The number of benzene rings is 1. The van der Waals surface area contributed by atoms with Crippen molar-refractivity contribution in [3.8, 4) is 0 Å². The molecule has 1 aliphatic carbocycles. The Morgan fingerprint density at radius 3 is 2.44 bits per heavy atom. The van der Waals surface area contributed by atoms with Gasteiger partial charge in [-0.05, 0) is 52.0 Å². The van der Waals surface area contributed by atoms with Gasteiger partial charge in [-0.25, -0.2) is 9.59 Å². The molecule has 0 radical (unpaired) electrons. The first-order valence-corrected chi connectivity index (χ1v) is 12.5. The number of carbonyl (C=O) groups excluding carboxylic acids is 4. The molecule has 2 bridgehead atoms. The Labute approximate surface area is 210 Å². The predicted molar refractivity (Wildman–Crippen MR) is 129 cm³/mol. The fourth-order valence-electron chi connectivity index (χ4n) is 4.99. The summed E-state index contributed by atoms with van der Waals surface area (Å²) in [4.78, 5) is 58.0. The highest BCUT2D eigenvalue weighted by atomic mass is 16.7. The maximum absolute atomic E-state index is 12.9. The van der Waals surface area contributed by atoms with Gasteiger partial charge >= 0.3 is 12.1 Å². The maximum Gasteiger partial charge on any atom is 0.407 e. The van der Waals surface area contributed by atoms with Crippen LogP contribution in [0.2, 0.25) is 0 Å². The van der Waals surface area contributed by atoms with E-state index < -0.39 is 29.6 Å². The number of nitrogens with one attached hydrogen (secondary N) is 3. The van der Waals surface area contributed by atoms with Gasteiger partial charge in [0.2, 0.25) is 5.91 Å². The molecule has 4 rings (SSSR count). The van der Waals surface area contributed by atoms with Crippen LogP contribution in [-0.2, 0) is 25.8 Å². The minimum Gasteiger partial charge on any atom is -0.444 e. The molecule has 0 spiro atoms. The zero-order chi connectivity index (χ0) is 25.9. The van der Waals surface area contributed by atoms with E-state index in [0.717, 1.165) is 12.0 Å². The van der Waals surface area contributed by atoms with Crippen LogP contribution in [0.25, 0.3) is 0 Å². The van der Waals surface area contributed by atoms with Crippen LogP contribution in [0.15, 0.2) is 30.3 Å². The van der Waals surface area contributed by atoms with E-state index in [0.29, 0.717) is 32.2 Å². The van der Waals surface area contributed by atoms with Gasteiger partial charge in [-0.2, -0.15) is 5.06 Å². The average Bonchev–Trinajstić information content (AvgIpc) is 3.38. The highest BCUT2D eigenvalue weighted by Crippen LogP contribution is 2.31. The molecule has 2 aliphatic heterocycles. The second-order valence-electron chi connectivity index (χ2n) is 10.5. The van der Waals surface area contributed by atoms with Gasteiger partial charge in [0.25, 0.3) is 5.91 Å². The number of fused-ring (bicyclic) bond motifs is 2. The van der Waals surface area contributed by atoms with Gasteiger partial charge in [0.1, 0.15) is 18.2 Å². The van der Waals surface area contributed by atoms with Crippen LogP contribution in [0.4, 0.5) is 9.59 Å². The quantitative estimate of drug-likeness (QED) is 0.513. The topological polar surface area (TPSA) is 129 Å². The largest absolute Gasteiger partial charge is 0.444 e. The molecule has 3 aliphatic rings. The number of amides is 5. The van der Waals surface area contributed by atoms with E-state index in [-0.39, 0.29) is 30.6 Å². The lowest BCUT2D eigenvalue weighted by Crippen LogP contribution is -2.56. The predicted octanol–water partition coefficient (Wildman–Crippen LogP) is 2.23. The molecule has 2 heterocycles. The van der Waals surface area contributed by atoms with E-state index >= 15 is 0 Å². The standard InChI is InChI=1S/C25H35N5O6/c1-25(2,3)36-23(33)26-19-11-7-10-18(19)21(31)27-28-22(32)20-13-12-17-14-29(20)24(34)30(17)35-15-16-8-5-4-6-9-16/h4-6,8-9,17-20H,7,10-15H2,1-3H3,(H,26,33)(H,27,31)(H,28,32)/t17-,18+,19+,20-/m0/s1. The number of rotatable bonds is 6. The van der Waals surface area contributed by atoms with Gasteiger partial charge < -0.3 is 15.0 Å². The first-order valence-electron chi connectivity index (χ1n) is 12.5. The van der Waals surface area contributed by atoms with Crippen LogP contribution >= 0.6 is 0 Å². The number of urea groups is 1. The number of hydrazine groups is 1. The fourth-order valence-corrected chi connectivity index (χ4v) is 4.99. The highest BCUT2D eigenvalue weighted by molar-refractivity contribution is 5.90. The molecule has 0 aromatic heterocycles. The molecule has 0 unspecified atom stereocenters. The second kappa shape index (κ2) is 10.7. The van der Waals surface area contributed by atoms with Crippen LogP contribution in [0.1, 0.15) is 58.4 Å². The molecule has 11 nitrogen and oxygen atoms in total. The lowest BCUT2D eigenvalue weighted by Gasteiger charge is -2.29. The third-order valence-electron chi connectivity index (χ3n) is 6.70. The van der Waals surface area contributed by atoms with E-state index in [9.17, 15) is 19.2 Å². The van der Waals surface area contributed by atoms with Crippen LogP contribution in [0.5, 0.6) is 0 Å². The number of hydroxylamine groups is 2. The molecule has 3 fully saturated rings. The lowest BCUT2D eigenvalue weighted by molar-refractivity contribution is -0.140. The summed E-state index contributed by atoms with van der Waals surface area (Å²) in [6, 6.07) is 8.03. The van der Waals surface area contributed by atoms with Gasteiger partial charge in [0.15, 0.2) is 0 Å². The molecule has 36 heavy (non-hydrogen) atoms. The number of piperidine rings is 1. The molecule has 196 valence electrons. The van der Waals surface area contributed by atoms with E-state index in [1.165, 1.54) is 9.96 Å². The average molecular weight is 502 g/mol. The first kappa shape index (κ1) is 25.7. The van der Waals surface area contributed by atoms with Gasteiger partial charge in [-0.3, -0.25) is 25.3 Å². The summed E-state index contributed by atoms with van der Waals surface area (Å²) in [6.07, 6.45) is 2.53. The number of hydrogen-bond acceptors (Lipinski definition) is 6. The van der Waals surface area contributed by atoms with E-state index in [4.69, 9.17) is 9.57 Å². The Kier molecular flexibility index (Phi) is 7.67. The van der Waals surface area contributed by atoms with Gasteiger partial charge in [0, 0.05) is 12.6 Å². The molecule has 3 N–H and O–H groups in total. The number of hydrogen-bond donors (Lipinski definition) is 3. The zero-order valence-corrected chi connectivity index (χ0v) is 21.0. The number of alkyl carbamates (subject to hydrolysis) is 1. The Bertz CT molecular complexity index is 981. The smallest absolute Gasteiger partial charge is 0.407 e.